The maximum atomic E-state index is 8.54. The lowest BCUT2D eigenvalue weighted by Crippen LogP contribution is -2.06. The highest BCUT2D eigenvalue weighted by atomic mass is 32.1. The van der Waals surface area contributed by atoms with Crippen LogP contribution in [0.25, 0.3) is 0 Å². The summed E-state index contributed by atoms with van der Waals surface area (Å²) in [7, 11) is 0. The van der Waals surface area contributed by atoms with Crippen LogP contribution in [0.2, 0.25) is 0 Å². The number of aliphatic hydroxyl groups is 1. The van der Waals surface area contributed by atoms with Crippen molar-refractivity contribution in [2.45, 2.75) is 51.4 Å². The van der Waals surface area contributed by atoms with Gasteiger partial charge in [0.15, 0.2) is 0 Å². The van der Waals surface area contributed by atoms with Gasteiger partial charge in [-0.05, 0) is 19.3 Å². The molecule has 3 N–H and O–H groups in total. The van der Waals surface area contributed by atoms with Gasteiger partial charge < -0.3 is 10.8 Å². The molecule has 0 heterocycles. The van der Waals surface area contributed by atoms with Crippen molar-refractivity contribution >= 4 is 17.2 Å². The molecule has 0 aliphatic carbocycles. The Morgan fingerprint density at radius 1 is 0.923 bits per heavy atom. The highest BCUT2D eigenvalue weighted by Crippen LogP contribution is 2.08. The van der Waals surface area contributed by atoms with Gasteiger partial charge in [-0.25, -0.2) is 0 Å². The third-order valence-electron chi connectivity index (χ3n) is 2.08. The first-order valence-corrected chi connectivity index (χ1v) is 5.57. The molecule has 0 aromatic heterocycles. The number of aliphatic hydroxyl groups excluding tert-OH is 1. The normalized spacial score (nSPS) is 10.2. The smallest absolute Gasteiger partial charge is 0.0727 e. The summed E-state index contributed by atoms with van der Waals surface area (Å²) in [5.74, 6) is 0. The molecule has 0 aliphatic rings. The highest BCUT2D eigenvalue weighted by molar-refractivity contribution is 7.80. The Morgan fingerprint density at radius 2 is 1.38 bits per heavy atom. The molecule has 0 aromatic rings. The number of unbranched alkanes of at least 4 members (excludes halogenated alkanes) is 6. The first-order chi connectivity index (χ1) is 6.27. The molecule has 13 heavy (non-hydrogen) atoms. The van der Waals surface area contributed by atoms with Crippen molar-refractivity contribution in [3.05, 3.63) is 0 Å². The van der Waals surface area contributed by atoms with Crippen molar-refractivity contribution < 1.29 is 5.11 Å². The lowest BCUT2D eigenvalue weighted by molar-refractivity contribution is 0.282. The SMILES string of the molecule is NC(=S)CCCCCCCCCO. The van der Waals surface area contributed by atoms with E-state index in [4.69, 9.17) is 23.1 Å². The Morgan fingerprint density at radius 3 is 1.85 bits per heavy atom. The van der Waals surface area contributed by atoms with Crippen LogP contribution in [0.3, 0.4) is 0 Å². The number of hydrogen-bond acceptors (Lipinski definition) is 2. The van der Waals surface area contributed by atoms with E-state index in [0.29, 0.717) is 11.6 Å². The molecule has 78 valence electrons. The summed E-state index contributed by atoms with van der Waals surface area (Å²) >= 11 is 4.78. The van der Waals surface area contributed by atoms with E-state index in [1.807, 2.05) is 0 Å². The van der Waals surface area contributed by atoms with Gasteiger partial charge in [0.05, 0.1) is 4.99 Å². The second-order valence-electron chi connectivity index (χ2n) is 3.41. The van der Waals surface area contributed by atoms with Crippen LogP contribution < -0.4 is 5.73 Å². The van der Waals surface area contributed by atoms with E-state index in [-0.39, 0.29) is 0 Å². The fourth-order valence-corrected chi connectivity index (χ4v) is 1.44. The van der Waals surface area contributed by atoms with Crippen molar-refractivity contribution in [2.75, 3.05) is 6.61 Å². The topological polar surface area (TPSA) is 46.2 Å². The van der Waals surface area contributed by atoms with E-state index in [1.165, 1.54) is 25.7 Å². The Hall–Kier alpha value is -0.150. The lowest BCUT2D eigenvalue weighted by Gasteiger charge is -2.00. The third kappa shape index (κ3) is 11.9. The molecule has 3 heteroatoms. The molecule has 0 atom stereocenters. The van der Waals surface area contributed by atoms with Crippen LogP contribution in [0, 0.1) is 0 Å². The van der Waals surface area contributed by atoms with E-state index in [0.717, 1.165) is 25.7 Å². The predicted molar refractivity (Wildman–Crippen MR) is 60.8 cm³/mol. The molecule has 0 aromatic carbocycles. The number of nitrogens with two attached hydrogens (primary N) is 1. The molecule has 0 aliphatic heterocycles. The third-order valence-corrected chi connectivity index (χ3v) is 2.29. The minimum Gasteiger partial charge on any atom is -0.396 e. The zero-order valence-electron chi connectivity index (χ0n) is 8.30. The second kappa shape index (κ2) is 9.93. The maximum absolute atomic E-state index is 8.54. The van der Waals surface area contributed by atoms with Gasteiger partial charge in [0, 0.05) is 6.61 Å². The van der Waals surface area contributed by atoms with Crippen LogP contribution in [0.1, 0.15) is 51.4 Å². The van der Waals surface area contributed by atoms with Crippen molar-refractivity contribution in [2.24, 2.45) is 5.73 Å². The first kappa shape index (κ1) is 12.8. The number of hydrogen-bond donors (Lipinski definition) is 2. The van der Waals surface area contributed by atoms with E-state index in [9.17, 15) is 0 Å². The predicted octanol–water partition coefficient (Wildman–Crippen LogP) is 2.39. The highest BCUT2D eigenvalue weighted by Gasteiger charge is 1.92. The molecule has 0 saturated carbocycles. The molecule has 0 spiro atoms. The molecule has 0 rings (SSSR count). The van der Waals surface area contributed by atoms with Crippen LogP contribution in [0.4, 0.5) is 0 Å². The van der Waals surface area contributed by atoms with Gasteiger partial charge in [0.2, 0.25) is 0 Å². The van der Waals surface area contributed by atoms with Crippen LogP contribution in [0.15, 0.2) is 0 Å². The standard InChI is InChI=1S/C10H21NOS/c11-10(13)8-6-4-2-1-3-5-7-9-12/h12H,1-9H2,(H2,11,13). The molecular formula is C10H21NOS. The fraction of sp³-hybridized carbons (Fsp3) is 0.900. The summed E-state index contributed by atoms with van der Waals surface area (Å²) in [6.07, 6.45) is 9.16. The summed E-state index contributed by atoms with van der Waals surface area (Å²) in [6.45, 7) is 0.335. The van der Waals surface area contributed by atoms with Crippen molar-refractivity contribution in [3.8, 4) is 0 Å². The number of thiocarbonyl (C=S) groups is 1. The molecule has 0 bridgehead atoms. The Bertz CT molecular complexity index is 128. The van der Waals surface area contributed by atoms with Crippen LogP contribution in [-0.4, -0.2) is 16.7 Å². The van der Waals surface area contributed by atoms with Gasteiger partial charge >= 0.3 is 0 Å². The monoisotopic (exact) mass is 203 g/mol. The second-order valence-corrected chi connectivity index (χ2v) is 3.94. The summed E-state index contributed by atoms with van der Waals surface area (Å²) in [4.78, 5) is 0.639. The zero-order chi connectivity index (χ0) is 9.94. The number of rotatable bonds is 9. The van der Waals surface area contributed by atoms with Gasteiger partial charge in [-0.1, -0.05) is 44.3 Å². The average Bonchev–Trinajstić information content (AvgIpc) is 2.09. The minimum absolute atomic E-state index is 0.335. The largest absolute Gasteiger partial charge is 0.396 e. The summed E-state index contributed by atoms with van der Waals surface area (Å²) in [5.41, 5.74) is 5.38. The van der Waals surface area contributed by atoms with E-state index in [2.05, 4.69) is 0 Å². The molecule has 0 unspecified atom stereocenters. The minimum atomic E-state index is 0.335. The van der Waals surface area contributed by atoms with E-state index in [1.54, 1.807) is 0 Å². The molecule has 2 nitrogen and oxygen atoms in total. The molecule has 0 saturated heterocycles. The quantitative estimate of drug-likeness (QED) is 0.447. The Kier molecular flexibility index (Phi) is 9.82. The van der Waals surface area contributed by atoms with Crippen LogP contribution in [-0.2, 0) is 0 Å². The molecular weight excluding hydrogens is 182 g/mol. The van der Waals surface area contributed by atoms with Crippen LogP contribution in [0.5, 0.6) is 0 Å². The average molecular weight is 203 g/mol. The van der Waals surface area contributed by atoms with Crippen molar-refractivity contribution in [1.29, 1.82) is 0 Å². The summed E-state index contributed by atoms with van der Waals surface area (Å²) < 4.78 is 0. The van der Waals surface area contributed by atoms with Gasteiger partial charge in [0.25, 0.3) is 0 Å². The van der Waals surface area contributed by atoms with Crippen molar-refractivity contribution in [3.63, 3.8) is 0 Å². The van der Waals surface area contributed by atoms with Gasteiger partial charge in [0.1, 0.15) is 0 Å². The van der Waals surface area contributed by atoms with E-state index < -0.39 is 0 Å². The first-order valence-electron chi connectivity index (χ1n) is 5.16. The zero-order valence-corrected chi connectivity index (χ0v) is 9.11. The maximum Gasteiger partial charge on any atom is 0.0727 e. The molecule has 0 fully saturated rings. The van der Waals surface area contributed by atoms with Gasteiger partial charge in [-0.15, -0.1) is 0 Å². The van der Waals surface area contributed by atoms with Crippen molar-refractivity contribution in [1.82, 2.24) is 0 Å². The summed E-state index contributed by atoms with van der Waals surface area (Å²) in [5, 5.41) is 8.54. The lowest BCUT2D eigenvalue weighted by atomic mass is 10.1. The van der Waals surface area contributed by atoms with E-state index >= 15 is 0 Å². The van der Waals surface area contributed by atoms with Gasteiger partial charge in [-0.2, -0.15) is 0 Å². The van der Waals surface area contributed by atoms with Crippen LogP contribution >= 0.6 is 12.2 Å². The Labute approximate surface area is 86.5 Å². The fourth-order valence-electron chi connectivity index (χ4n) is 1.29. The molecule has 0 radical (unpaired) electrons. The Balaban J connectivity index is 2.87. The summed E-state index contributed by atoms with van der Waals surface area (Å²) in [6, 6.07) is 0. The van der Waals surface area contributed by atoms with Gasteiger partial charge in [-0.3, -0.25) is 0 Å². The molecule has 0 amide bonds.